The maximum atomic E-state index is 11.0. The third kappa shape index (κ3) is 3.46. The van der Waals surface area contributed by atoms with E-state index in [2.05, 4.69) is 10.6 Å². The summed E-state index contributed by atoms with van der Waals surface area (Å²) in [5.41, 5.74) is 0.883. The van der Waals surface area contributed by atoms with Crippen LogP contribution in [0.15, 0.2) is 12.1 Å². The maximum absolute atomic E-state index is 11.0. The van der Waals surface area contributed by atoms with Crippen LogP contribution in [0.3, 0.4) is 0 Å². The van der Waals surface area contributed by atoms with Crippen LogP contribution < -0.4 is 20.1 Å². The lowest BCUT2D eigenvalue weighted by Crippen LogP contribution is -2.22. The van der Waals surface area contributed by atoms with Gasteiger partial charge in [0.25, 0.3) is 0 Å². The minimum Gasteiger partial charge on any atom is -0.493 e. The highest BCUT2D eigenvalue weighted by atomic mass is 35.5. The van der Waals surface area contributed by atoms with Gasteiger partial charge in [-0.25, -0.2) is 4.79 Å². The fourth-order valence-corrected chi connectivity index (χ4v) is 2.19. The molecule has 1 aromatic rings. The molecule has 1 unspecified atom stereocenters. The number of hydrogen-bond donors (Lipinski definition) is 2. The smallest absolute Gasteiger partial charge is 0.407 e. The monoisotopic (exact) mass is 300 g/mol. The molecule has 1 heterocycles. The SMILES string of the molecule is CNCc1cc(Cl)cc(OC)c1OCC1CNC(=O)O1. The summed E-state index contributed by atoms with van der Waals surface area (Å²) in [6.07, 6.45) is -0.720. The summed E-state index contributed by atoms with van der Waals surface area (Å²) in [6, 6.07) is 3.50. The summed E-state index contributed by atoms with van der Waals surface area (Å²) in [5, 5.41) is 6.20. The van der Waals surface area contributed by atoms with Crippen molar-refractivity contribution < 1.29 is 19.0 Å². The van der Waals surface area contributed by atoms with Gasteiger partial charge >= 0.3 is 6.09 Å². The van der Waals surface area contributed by atoms with Gasteiger partial charge in [0.05, 0.1) is 13.7 Å². The zero-order valence-electron chi connectivity index (χ0n) is 11.4. The van der Waals surface area contributed by atoms with E-state index >= 15 is 0 Å². The molecule has 0 bridgehead atoms. The summed E-state index contributed by atoms with van der Waals surface area (Å²) < 4.78 is 16.1. The Labute approximate surface area is 122 Å². The first-order valence-corrected chi connectivity index (χ1v) is 6.60. The van der Waals surface area contributed by atoms with Gasteiger partial charge in [0.1, 0.15) is 6.61 Å². The first-order chi connectivity index (χ1) is 9.63. The van der Waals surface area contributed by atoms with Crippen molar-refractivity contribution in [2.24, 2.45) is 0 Å². The molecular weight excluding hydrogens is 284 g/mol. The topological polar surface area (TPSA) is 68.8 Å². The average molecular weight is 301 g/mol. The molecule has 0 saturated carbocycles. The lowest BCUT2D eigenvalue weighted by molar-refractivity contribution is 0.103. The number of benzene rings is 1. The summed E-state index contributed by atoms with van der Waals surface area (Å²) in [4.78, 5) is 11.0. The Morgan fingerprint density at radius 1 is 1.55 bits per heavy atom. The van der Waals surface area contributed by atoms with E-state index in [0.29, 0.717) is 29.6 Å². The quantitative estimate of drug-likeness (QED) is 0.834. The number of nitrogens with one attached hydrogen (secondary N) is 2. The first-order valence-electron chi connectivity index (χ1n) is 6.22. The second-order valence-electron chi connectivity index (χ2n) is 4.35. The van der Waals surface area contributed by atoms with E-state index in [-0.39, 0.29) is 12.7 Å². The molecule has 20 heavy (non-hydrogen) atoms. The standard InChI is InChI=1S/C13H17ClN2O4/c1-15-5-8-3-9(14)4-11(18-2)12(8)19-7-10-6-16-13(17)20-10/h3-4,10,15H,5-7H2,1-2H3,(H,16,17). The molecule has 0 aliphatic carbocycles. The van der Waals surface area contributed by atoms with Crippen molar-refractivity contribution >= 4 is 17.7 Å². The highest BCUT2D eigenvalue weighted by molar-refractivity contribution is 6.30. The van der Waals surface area contributed by atoms with Crippen LogP contribution in [0.2, 0.25) is 5.02 Å². The van der Waals surface area contributed by atoms with Crippen LogP contribution in [0.4, 0.5) is 4.79 Å². The number of amides is 1. The molecular formula is C13H17ClN2O4. The van der Waals surface area contributed by atoms with Crippen LogP contribution in [-0.2, 0) is 11.3 Å². The van der Waals surface area contributed by atoms with Gasteiger partial charge < -0.3 is 24.8 Å². The van der Waals surface area contributed by atoms with Crippen LogP contribution in [0, 0.1) is 0 Å². The lowest BCUT2D eigenvalue weighted by atomic mass is 10.2. The molecule has 7 heteroatoms. The van der Waals surface area contributed by atoms with Gasteiger partial charge in [0.15, 0.2) is 17.6 Å². The van der Waals surface area contributed by atoms with Crippen LogP contribution in [-0.4, -0.2) is 39.5 Å². The molecule has 1 atom stereocenters. The number of ether oxygens (including phenoxy) is 3. The van der Waals surface area contributed by atoms with Crippen LogP contribution >= 0.6 is 11.6 Å². The zero-order valence-corrected chi connectivity index (χ0v) is 12.1. The maximum Gasteiger partial charge on any atom is 0.407 e. The molecule has 1 aliphatic heterocycles. The van der Waals surface area contributed by atoms with E-state index in [1.54, 1.807) is 13.2 Å². The number of methoxy groups -OCH3 is 1. The summed E-state index contributed by atoms with van der Waals surface area (Å²) in [6.45, 7) is 1.29. The van der Waals surface area contributed by atoms with Crippen molar-refractivity contribution in [1.82, 2.24) is 10.6 Å². The minimum absolute atomic E-state index is 0.257. The fraction of sp³-hybridized carbons (Fsp3) is 0.462. The first kappa shape index (κ1) is 14.7. The van der Waals surface area contributed by atoms with E-state index in [0.717, 1.165) is 5.56 Å². The summed E-state index contributed by atoms with van der Waals surface area (Å²) in [5.74, 6) is 1.16. The van der Waals surface area contributed by atoms with Crippen LogP contribution in [0.1, 0.15) is 5.56 Å². The minimum atomic E-state index is -0.419. The van der Waals surface area contributed by atoms with Crippen molar-refractivity contribution in [1.29, 1.82) is 0 Å². The number of hydrogen-bond acceptors (Lipinski definition) is 5. The number of rotatable bonds is 6. The molecule has 1 amide bonds. The van der Waals surface area contributed by atoms with E-state index in [4.69, 9.17) is 25.8 Å². The fourth-order valence-electron chi connectivity index (χ4n) is 1.96. The van der Waals surface area contributed by atoms with Crippen LogP contribution in [0.25, 0.3) is 0 Å². The molecule has 1 aliphatic rings. The number of cyclic esters (lactones) is 1. The molecule has 0 aromatic heterocycles. The van der Waals surface area contributed by atoms with Gasteiger partial charge in [-0.05, 0) is 13.1 Å². The van der Waals surface area contributed by atoms with Crippen molar-refractivity contribution in [3.63, 3.8) is 0 Å². The van der Waals surface area contributed by atoms with Gasteiger partial charge in [0.2, 0.25) is 0 Å². The van der Waals surface area contributed by atoms with E-state index in [1.165, 1.54) is 0 Å². The lowest BCUT2D eigenvalue weighted by Gasteiger charge is -2.17. The predicted molar refractivity (Wildman–Crippen MR) is 74.5 cm³/mol. The van der Waals surface area contributed by atoms with Gasteiger partial charge in [-0.3, -0.25) is 0 Å². The Bertz CT molecular complexity index is 496. The van der Waals surface area contributed by atoms with Gasteiger partial charge in [-0.1, -0.05) is 11.6 Å². The molecule has 0 radical (unpaired) electrons. The summed E-state index contributed by atoms with van der Waals surface area (Å²) >= 11 is 6.04. The molecule has 6 nitrogen and oxygen atoms in total. The molecule has 0 spiro atoms. The normalized spacial score (nSPS) is 17.6. The Kier molecular flexibility index (Phi) is 4.92. The van der Waals surface area contributed by atoms with Crippen LogP contribution in [0.5, 0.6) is 11.5 Å². The summed E-state index contributed by atoms with van der Waals surface area (Å²) in [7, 11) is 3.39. The molecule has 2 N–H and O–H groups in total. The number of halogens is 1. The molecule has 1 saturated heterocycles. The average Bonchev–Trinajstić information content (AvgIpc) is 2.83. The number of carbonyl (C=O) groups excluding carboxylic acids is 1. The van der Waals surface area contributed by atoms with E-state index in [9.17, 15) is 4.79 Å². The number of carbonyl (C=O) groups is 1. The molecule has 1 fully saturated rings. The van der Waals surface area contributed by atoms with Crippen molar-refractivity contribution in [3.05, 3.63) is 22.7 Å². The third-order valence-corrected chi connectivity index (χ3v) is 3.06. The largest absolute Gasteiger partial charge is 0.493 e. The van der Waals surface area contributed by atoms with Crippen molar-refractivity contribution in [2.45, 2.75) is 12.6 Å². The molecule has 1 aromatic carbocycles. The van der Waals surface area contributed by atoms with Crippen molar-refractivity contribution in [2.75, 3.05) is 27.3 Å². The second-order valence-corrected chi connectivity index (χ2v) is 4.78. The Morgan fingerprint density at radius 2 is 2.35 bits per heavy atom. The van der Waals surface area contributed by atoms with E-state index in [1.807, 2.05) is 13.1 Å². The zero-order chi connectivity index (χ0) is 14.5. The van der Waals surface area contributed by atoms with Gasteiger partial charge in [-0.15, -0.1) is 0 Å². The third-order valence-electron chi connectivity index (χ3n) is 2.85. The Hall–Kier alpha value is -1.66. The predicted octanol–water partition coefficient (Wildman–Crippen LogP) is 1.56. The van der Waals surface area contributed by atoms with E-state index < -0.39 is 6.09 Å². The Balaban J connectivity index is 2.13. The highest BCUT2D eigenvalue weighted by Gasteiger charge is 2.24. The highest BCUT2D eigenvalue weighted by Crippen LogP contribution is 2.35. The van der Waals surface area contributed by atoms with Crippen molar-refractivity contribution in [3.8, 4) is 11.5 Å². The second kappa shape index (κ2) is 6.67. The molecule has 110 valence electrons. The van der Waals surface area contributed by atoms with Gasteiger partial charge in [-0.2, -0.15) is 0 Å². The Morgan fingerprint density at radius 3 is 2.95 bits per heavy atom. The van der Waals surface area contributed by atoms with Gasteiger partial charge in [0, 0.05) is 23.2 Å². The molecule has 2 rings (SSSR count). The number of alkyl carbamates (subject to hydrolysis) is 1.